The number of carbonyl (C=O) groups is 1. The molecule has 2 aromatic carbocycles. The number of anilines is 1. The second kappa shape index (κ2) is 6.40. The topological polar surface area (TPSA) is 41.6 Å². The van der Waals surface area contributed by atoms with Crippen molar-refractivity contribution in [2.45, 2.75) is 19.0 Å². The third kappa shape index (κ3) is 2.54. The molecule has 4 nitrogen and oxygen atoms in total. The van der Waals surface area contributed by atoms with Crippen LogP contribution in [0.25, 0.3) is 0 Å². The van der Waals surface area contributed by atoms with Crippen LogP contribution in [0.4, 0.5) is 5.69 Å². The zero-order valence-electron chi connectivity index (χ0n) is 14.1. The summed E-state index contributed by atoms with van der Waals surface area (Å²) in [6, 6.07) is 15.5. The van der Waals surface area contributed by atoms with E-state index in [9.17, 15) is 4.79 Å². The smallest absolute Gasteiger partial charge is 0.257 e. The number of amides is 1. The SMILES string of the molecule is C=CCOc1ccc(C2(CC)Nc3ccccc3C(=O)N2C)cc1. The maximum Gasteiger partial charge on any atom is 0.257 e. The van der Waals surface area contributed by atoms with Gasteiger partial charge < -0.3 is 15.0 Å². The zero-order valence-corrected chi connectivity index (χ0v) is 14.1. The molecule has 0 aliphatic carbocycles. The van der Waals surface area contributed by atoms with Gasteiger partial charge in [-0.3, -0.25) is 4.79 Å². The van der Waals surface area contributed by atoms with Gasteiger partial charge in [0.2, 0.25) is 0 Å². The zero-order chi connectivity index (χ0) is 17.2. The molecule has 124 valence electrons. The molecule has 1 amide bonds. The summed E-state index contributed by atoms with van der Waals surface area (Å²) in [7, 11) is 1.84. The van der Waals surface area contributed by atoms with Gasteiger partial charge >= 0.3 is 0 Å². The minimum atomic E-state index is -0.567. The van der Waals surface area contributed by atoms with Crippen LogP contribution in [-0.4, -0.2) is 24.5 Å². The molecule has 1 unspecified atom stereocenters. The molecule has 2 aromatic rings. The van der Waals surface area contributed by atoms with Gasteiger partial charge in [-0.15, -0.1) is 0 Å². The van der Waals surface area contributed by atoms with Gasteiger partial charge in [0.15, 0.2) is 0 Å². The van der Waals surface area contributed by atoms with Crippen molar-refractivity contribution in [1.29, 1.82) is 0 Å². The van der Waals surface area contributed by atoms with E-state index in [1.54, 1.807) is 11.0 Å². The van der Waals surface area contributed by atoms with Crippen molar-refractivity contribution in [3.05, 3.63) is 72.3 Å². The highest BCUT2D eigenvalue weighted by Crippen LogP contribution is 2.39. The van der Waals surface area contributed by atoms with E-state index in [0.29, 0.717) is 12.2 Å². The van der Waals surface area contributed by atoms with Gasteiger partial charge in [0, 0.05) is 12.7 Å². The molecule has 0 bridgehead atoms. The predicted octanol–water partition coefficient (Wildman–Crippen LogP) is 4.01. The Bertz CT molecular complexity index is 754. The van der Waals surface area contributed by atoms with E-state index >= 15 is 0 Å². The Morgan fingerprint density at radius 1 is 1.21 bits per heavy atom. The molecule has 1 heterocycles. The number of nitrogens with zero attached hydrogens (tertiary/aromatic N) is 1. The van der Waals surface area contributed by atoms with Gasteiger partial charge in [-0.1, -0.05) is 43.8 Å². The molecule has 0 aromatic heterocycles. The molecule has 1 aliphatic heterocycles. The number of hydrogen-bond acceptors (Lipinski definition) is 3. The second-order valence-electron chi connectivity index (χ2n) is 5.87. The van der Waals surface area contributed by atoms with Crippen molar-refractivity contribution in [3.8, 4) is 5.75 Å². The summed E-state index contributed by atoms with van der Waals surface area (Å²) in [5, 5.41) is 3.57. The minimum Gasteiger partial charge on any atom is -0.490 e. The summed E-state index contributed by atoms with van der Waals surface area (Å²) in [5.41, 5.74) is 2.04. The first-order valence-electron chi connectivity index (χ1n) is 8.12. The second-order valence-corrected chi connectivity index (χ2v) is 5.87. The first-order chi connectivity index (χ1) is 11.6. The number of hydrogen-bond donors (Lipinski definition) is 1. The molecule has 4 heteroatoms. The number of benzene rings is 2. The molecule has 1 aliphatic rings. The molecule has 24 heavy (non-hydrogen) atoms. The number of nitrogens with one attached hydrogen (secondary N) is 1. The summed E-state index contributed by atoms with van der Waals surface area (Å²) in [6.07, 6.45) is 2.46. The fourth-order valence-corrected chi connectivity index (χ4v) is 3.22. The molecule has 0 spiro atoms. The third-order valence-corrected chi connectivity index (χ3v) is 4.59. The third-order valence-electron chi connectivity index (χ3n) is 4.59. The van der Waals surface area contributed by atoms with Crippen molar-refractivity contribution in [3.63, 3.8) is 0 Å². The van der Waals surface area contributed by atoms with Gasteiger partial charge in [-0.2, -0.15) is 0 Å². The van der Waals surface area contributed by atoms with E-state index < -0.39 is 5.66 Å². The fourth-order valence-electron chi connectivity index (χ4n) is 3.22. The van der Waals surface area contributed by atoms with Crippen LogP contribution in [0.2, 0.25) is 0 Å². The van der Waals surface area contributed by atoms with Gasteiger partial charge in [-0.25, -0.2) is 0 Å². The molecule has 0 fully saturated rings. The van der Waals surface area contributed by atoms with E-state index in [2.05, 4.69) is 18.8 Å². The van der Waals surface area contributed by atoms with E-state index in [1.165, 1.54) is 0 Å². The number of rotatable bonds is 5. The normalized spacial score (nSPS) is 19.4. The van der Waals surface area contributed by atoms with Gasteiger partial charge in [0.25, 0.3) is 5.91 Å². The number of para-hydroxylation sites is 1. The summed E-state index contributed by atoms with van der Waals surface area (Å²) in [5.74, 6) is 0.813. The van der Waals surface area contributed by atoms with E-state index in [4.69, 9.17) is 4.74 Å². The quantitative estimate of drug-likeness (QED) is 0.846. The van der Waals surface area contributed by atoms with Crippen molar-refractivity contribution in [2.24, 2.45) is 0 Å². The Labute approximate surface area is 142 Å². The molecule has 0 saturated carbocycles. The Morgan fingerprint density at radius 3 is 2.58 bits per heavy atom. The standard InChI is InChI=1S/C20H22N2O2/c1-4-14-24-16-12-10-15(11-13-16)20(5-2)21-18-9-7-6-8-17(18)19(23)22(20)3/h4,6-13,21H,1,5,14H2,2-3H3. The van der Waals surface area contributed by atoms with Crippen molar-refractivity contribution >= 4 is 11.6 Å². The summed E-state index contributed by atoms with van der Waals surface area (Å²) in [6.45, 7) is 6.20. The lowest BCUT2D eigenvalue weighted by molar-refractivity contribution is 0.0572. The number of fused-ring (bicyclic) bond motifs is 1. The van der Waals surface area contributed by atoms with Crippen molar-refractivity contribution in [1.82, 2.24) is 4.90 Å². The van der Waals surface area contributed by atoms with Crippen LogP contribution in [0.15, 0.2) is 61.2 Å². The first kappa shape index (κ1) is 16.1. The monoisotopic (exact) mass is 322 g/mol. The van der Waals surface area contributed by atoms with Crippen molar-refractivity contribution < 1.29 is 9.53 Å². The van der Waals surface area contributed by atoms with Gasteiger partial charge in [0.1, 0.15) is 18.0 Å². The lowest BCUT2D eigenvalue weighted by Gasteiger charge is -2.46. The lowest BCUT2D eigenvalue weighted by atomic mass is 9.90. The van der Waals surface area contributed by atoms with E-state index in [0.717, 1.165) is 23.4 Å². The lowest BCUT2D eigenvalue weighted by Crippen LogP contribution is -2.55. The van der Waals surface area contributed by atoms with Crippen LogP contribution in [0.3, 0.4) is 0 Å². The maximum absolute atomic E-state index is 12.8. The highest BCUT2D eigenvalue weighted by atomic mass is 16.5. The Kier molecular flexibility index (Phi) is 4.30. The molecular formula is C20H22N2O2. The summed E-state index contributed by atoms with van der Waals surface area (Å²) < 4.78 is 5.55. The minimum absolute atomic E-state index is 0.0261. The Hall–Kier alpha value is -2.75. The number of carbonyl (C=O) groups excluding carboxylic acids is 1. The van der Waals surface area contributed by atoms with Crippen LogP contribution >= 0.6 is 0 Å². The van der Waals surface area contributed by atoms with Crippen LogP contribution in [-0.2, 0) is 5.66 Å². The van der Waals surface area contributed by atoms with Crippen LogP contribution in [0, 0.1) is 0 Å². The molecule has 0 radical (unpaired) electrons. The summed E-state index contributed by atoms with van der Waals surface area (Å²) in [4.78, 5) is 14.6. The van der Waals surface area contributed by atoms with E-state index in [1.807, 2.05) is 55.6 Å². The molecule has 0 saturated heterocycles. The predicted molar refractivity (Wildman–Crippen MR) is 96.3 cm³/mol. The Morgan fingerprint density at radius 2 is 1.92 bits per heavy atom. The number of ether oxygens (including phenoxy) is 1. The summed E-state index contributed by atoms with van der Waals surface area (Å²) >= 11 is 0. The molecule has 1 atom stereocenters. The highest BCUT2D eigenvalue weighted by Gasteiger charge is 2.42. The van der Waals surface area contributed by atoms with Crippen LogP contribution in [0.5, 0.6) is 5.75 Å². The van der Waals surface area contributed by atoms with E-state index in [-0.39, 0.29) is 5.91 Å². The van der Waals surface area contributed by atoms with Crippen LogP contribution < -0.4 is 10.1 Å². The average molecular weight is 322 g/mol. The molecule has 3 rings (SSSR count). The maximum atomic E-state index is 12.8. The highest BCUT2D eigenvalue weighted by molar-refractivity contribution is 6.02. The Balaban J connectivity index is 2.00. The first-order valence-corrected chi connectivity index (χ1v) is 8.12. The molecular weight excluding hydrogens is 300 g/mol. The van der Waals surface area contributed by atoms with Gasteiger partial charge in [-0.05, 0) is 36.2 Å². The fraction of sp³-hybridized carbons (Fsp3) is 0.250. The van der Waals surface area contributed by atoms with Crippen molar-refractivity contribution in [2.75, 3.05) is 19.0 Å². The largest absolute Gasteiger partial charge is 0.490 e. The van der Waals surface area contributed by atoms with Crippen LogP contribution in [0.1, 0.15) is 29.3 Å². The average Bonchev–Trinajstić information content (AvgIpc) is 2.63. The van der Waals surface area contributed by atoms with Gasteiger partial charge in [0.05, 0.1) is 5.56 Å². The molecule has 1 N–H and O–H groups in total.